The van der Waals surface area contributed by atoms with Crippen LogP contribution in [0.3, 0.4) is 0 Å². The van der Waals surface area contributed by atoms with Crippen LogP contribution in [0.25, 0.3) is 0 Å². The maximum absolute atomic E-state index is 10.9. The van der Waals surface area contributed by atoms with Crippen molar-refractivity contribution >= 4 is 11.4 Å². The lowest BCUT2D eigenvalue weighted by molar-refractivity contribution is -0.384. The van der Waals surface area contributed by atoms with Gasteiger partial charge in [-0.25, -0.2) is 0 Å². The van der Waals surface area contributed by atoms with Gasteiger partial charge in [-0.3, -0.25) is 10.1 Å². The summed E-state index contributed by atoms with van der Waals surface area (Å²) in [7, 11) is 1.86. The third-order valence-electron chi connectivity index (χ3n) is 3.14. The van der Waals surface area contributed by atoms with Gasteiger partial charge in [-0.2, -0.15) is 0 Å². The number of anilines is 1. The number of hydrogen-bond donors (Lipinski definition) is 1. The van der Waals surface area contributed by atoms with Crippen molar-refractivity contribution in [2.24, 2.45) is 11.7 Å². The molecule has 0 fully saturated rings. The van der Waals surface area contributed by atoms with Gasteiger partial charge in [0.05, 0.1) is 4.92 Å². The molecule has 0 amide bonds. The maximum Gasteiger partial charge on any atom is 0.292 e. The molecule has 2 N–H and O–H groups in total. The van der Waals surface area contributed by atoms with E-state index in [9.17, 15) is 10.1 Å². The number of rotatable bonds is 6. The van der Waals surface area contributed by atoms with Crippen LogP contribution < -0.4 is 10.6 Å². The second-order valence-corrected chi connectivity index (χ2v) is 4.86. The second-order valence-electron chi connectivity index (χ2n) is 4.86. The van der Waals surface area contributed by atoms with Gasteiger partial charge in [0.25, 0.3) is 5.69 Å². The number of para-hydroxylation sites is 2. The maximum atomic E-state index is 10.9. The predicted octanol–water partition coefficient (Wildman–Crippen LogP) is 2.40. The van der Waals surface area contributed by atoms with Crippen LogP contribution in [0.15, 0.2) is 24.3 Å². The Morgan fingerprint density at radius 2 is 2.00 bits per heavy atom. The average Bonchev–Trinajstić information content (AvgIpc) is 2.35. The van der Waals surface area contributed by atoms with Crippen LogP contribution in [-0.2, 0) is 0 Å². The summed E-state index contributed by atoms with van der Waals surface area (Å²) in [6.07, 6.45) is 0.820. The Labute approximate surface area is 108 Å². The highest BCUT2D eigenvalue weighted by Gasteiger charge is 2.17. The molecule has 0 saturated carbocycles. The first-order chi connectivity index (χ1) is 8.43. The lowest BCUT2D eigenvalue weighted by Gasteiger charge is -2.22. The number of nitrogens with zero attached hydrogens (tertiary/aromatic N) is 2. The number of nitro benzene ring substituents is 1. The SMILES string of the molecule is CC(C)C(N)CCN(C)c1ccccc1[N+](=O)[O-]. The Morgan fingerprint density at radius 3 is 2.56 bits per heavy atom. The van der Waals surface area contributed by atoms with Crippen LogP contribution in [0.2, 0.25) is 0 Å². The molecular formula is C13H21N3O2. The smallest absolute Gasteiger partial charge is 0.292 e. The lowest BCUT2D eigenvalue weighted by Crippen LogP contribution is -2.32. The quantitative estimate of drug-likeness (QED) is 0.622. The van der Waals surface area contributed by atoms with E-state index in [1.165, 1.54) is 6.07 Å². The van der Waals surface area contributed by atoms with Crippen LogP contribution in [0, 0.1) is 16.0 Å². The molecule has 0 aliphatic heterocycles. The third kappa shape index (κ3) is 3.70. The summed E-state index contributed by atoms with van der Waals surface area (Å²) < 4.78 is 0. The minimum atomic E-state index is -0.353. The van der Waals surface area contributed by atoms with Gasteiger partial charge in [-0.1, -0.05) is 26.0 Å². The van der Waals surface area contributed by atoms with Crippen molar-refractivity contribution in [1.82, 2.24) is 0 Å². The lowest BCUT2D eigenvalue weighted by atomic mass is 10.0. The van der Waals surface area contributed by atoms with E-state index in [1.54, 1.807) is 18.2 Å². The highest BCUT2D eigenvalue weighted by atomic mass is 16.6. The zero-order valence-corrected chi connectivity index (χ0v) is 11.2. The molecule has 1 aromatic rings. The summed E-state index contributed by atoms with van der Waals surface area (Å²) in [5.74, 6) is 0.421. The summed E-state index contributed by atoms with van der Waals surface area (Å²) in [5, 5.41) is 10.9. The van der Waals surface area contributed by atoms with Crippen molar-refractivity contribution in [1.29, 1.82) is 0 Å². The molecule has 1 unspecified atom stereocenters. The normalized spacial score (nSPS) is 12.5. The van der Waals surface area contributed by atoms with Gasteiger partial charge in [0.2, 0.25) is 0 Å². The summed E-state index contributed by atoms with van der Waals surface area (Å²) in [6, 6.07) is 6.89. The first-order valence-corrected chi connectivity index (χ1v) is 6.13. The molecule has 0 aliphatic rings. The zero-order valence-electron chi connectivity index (χ0n) is 11.2. The molecule has 1 atom stereocenters. The Bertz CT molecular complexity index is 407. The monoisotopic (exact) mass is 251 g/mol. The Kier molecular flexibility index (Phi) is 5.09. The van der Waals surface area contributed by atoms with Crippen molar-refractivity contribution in [3.63, 3.8) is 0 Å². The predicted molar refractivity (Wildman–Crippen MR) is 73.8 cm³/mol. The van der Waals surface area contributed by atoms with Gasteiger partial charge in [0.1, 0.15) is 5.69 Å². The Balaban J connectivity index is 2.72. The molecule has 5 nitrogen and oxygen atoms in total. The van der Waals surface area contributed by atoms with E-state index >= 15 is 0 Å². The third-order valence-corrected chi connectivity index (χ3v) is 3.14. The Morgan fingerprint density at radius 1 is 1.39 bits per heavy atom. The van der Waals surface area contributed by atoms with Gasteiger partial charge in [-0.15, -0.1) is 0 Å². The second kappa shape index (κ2) is 6.35. The van der Waals surface area contributed by atoms with E-state index in [2.05, 4.69) is 13.8 Å². The van der Waals surface area contributed by atoms with E-state index in [4.69, 9.17) is 5.73 Å². The largest absolute Gasteiger partial charge is 0.369 e. The molecule has 0 spiro atoms. The van der Waals surface area contributed by atoms with Gasteiger partial charge >= 0.3 is 0 Å². The Hall–Kier alpha value is -1.62. The number of nitro groups is 1. The van der Waals surface area contributed by atoms with Gasteiger partial charge in [0, 0.05) is 25.7 Å². The highest BCUT2D eigenvalue weighted by Crippen LogP contribution is 2.26. The summed E-state index contributed by atoms with van der Waals surface area (Å²) in [4.78, 5) is 12.5. The fourth-order valence-corrected chi connectivity index (χ4v) is 1.74. The molecule has 100 valence electrons. The van der Waals surface area contributed by atoms with Gasteiger partial charge in [-0.05, 0) is 18.4 Å². The fourth-order valence-electron chi connectivity index (χ4n) is 1.74. The van der Waals surface area contributed by atoms with Crippen molar-refractivity contribution in [2.75, 3.05) is 18.5 Å². The highest BCUT2D eigenvalue weighted by molar-refractivity contribution is 5.62. The summed E-state index contributed by atoms with van der Waals surface area (Å²) in [6.45, 7) is 4.87. The molecule has 0 aliphatic carbocycles. The number of hydrogen-bond acceptors (Lipinski definition) is 4. The fraction of sp³-hybridized carbons (Fsp3) is 0.538. The van der Waals surface area contributed by atoms with Crippen molar-refractivity contribution < 1.29 is 4.92 Å². The molecule has 0 saturated heterocycles. The van der Waals surface area contributed by atoms with E-state index < -0.39 is 0 Å². The zero-order chi connectivity index (χ0) is 13.7. The van der Waals surface area contributed by atoms with Crippen molar-refractivity contribution in [3.8, 4) is 0 Å². The van der Waals surface area contributed by atoms with Crippen molar-refractivity contribution in [3.05, 3.63) is 34.4 Å². The van der Waals surface area contributed by atoms with E-state index in [0.29, 0.717) is 18.2 Å². The number of nitrogens with two attached hydrogens (primary N) is 1. The van der Waals surface area contributed by atoms with Crippen LogP contribution >= 0.6 is 0 Å². The van der Waals surface area contributed by atoms with E-state index in [1.807, 2.05) is 11.9 Å². The topological polar surface area (TPSA) is 72.4 Å². The molecule has 5 heteroatoms. The van der Waals surface area contributed by atoms with Crippen molar-refractivity contribution in [2.45, 2.75) is 26.3 Å². The molecular weight excluding hydrogens is 230 g/mol. The standard InChI is InChI=1S/C13H21N3O2/c1-10(2)11(14)8-9-15(3)12-6-4-5-7-13(12)16(17)18/h4-7,10-11H,8-9,14H2,1-3H3. The molecule has 0 aromatic heterocycles. The molecule has 0 radical (unpaired) electrons. The number of benzene rings is 1. The van der Waals surface area contributed by atoms with E-state index in [0.717, 1.165) is 6.42 Å². The van der Waals surface area contributed by atoms with Crippen LogP contribution in [0.1, 0.15) is 20.3 Å². The first-order valence-electron chi connectivity index (χ1n) is 6.13. The summed E-state index contributed by atoms with van der Waals surface area (Å²) in [5.41, 5.74) is 6.75. The molecule has 18 heavy (non-hydrogen) atoms. The van der Waals surface area contributed by atoms with Gasteiger partial charge in [0.15, 0.2) is 0 Å². The first kappa shape index (κ1) is 14.4. The molecule has 1 rings (SSSR count). The van der Waals surface area contributed by atoms with Gasteiger partial charge < -0.3 is 10.6 Å². The molecule has 1 aromatic carbocycles. The van der Waals surface area contributed by atoms with Crippen LogP contribution in [-0.4, -0.2) is 24.6 Å². The molecule has 0 heterocycles. The van der Waals surface area contributed by atoms with Crippen LogP contribution in [0.5, 0.6) is 0 Å². The minimum absolute atomic E-state index is 0.121. The summed E-state index contributed by atoms with van der Waals surface area (Å²) >= 11 is 0. The minimum Gasteiger partial charge on any atom is -0.369 e. The molecule has 0 bridgehead atoms. The average molecular weight is 251 g/mol. The van der Waals surface area contributed by atoms with Crippen LogP contribution in [0.4, 0.5) is 11.4 Å². The van der Waals surface area contributed by atoms with E-state index in [-0.39, 0.29) is 16.7 Å².